The zero-order valence-corrected chi connectivity index (χ0v) is 12.4. The van der Waals surface area contributed by atoms with Crippen LogP contribution in [-0.2, 0) is 16.1 Å². The van der Waals surface area contributed by atoms with Crippen molar-refractivity contribution in [3.8, 4) is 0 Å². The van der Waals surface area contributed by atoms with E-state index in [1.54, 1.807) is 17.0 Å². The molecule has 0 aromatic heterocycles. The minimum absolute atomic E-state index is 0.0223. The summed E-state index contributed by atoms with van der Waals surface area (Å²) in [5, 5.41) is 10.7. The Morgan fingerprint density at radius 3 is 2.48 bits per heavy atom. The van der Waals surface area contributed by atoms with Crippen LogP contribution in [0.25, 0.3) is 0 Å². The molecule has 0 radical (unpaired) electrons. The Bertz CT molecular complexity index is 700. The number of nitro benzene ring substituents is 1. The summed E-state index contributed by atoms with van der Waals surface area (Å²) in [5.74, 6) is -0.0491. The van der Waals surface area contributed by atoms with Gasteiger partial charge in [0.1, 0.15) is 12.7 Å². The SMILES string of the molecule is O=C1CO[C@H](c2ccc([N+](=O)[O-])cc2)CN1Cc1ccccc1. The van der Waals surface area contributed by atoms with Crippen LogP contribution in [0.15, 0.2) is 54.6 Å². The molecular formula is C17H16N2O4. The fourth-order valence-corrected chi connectivity index (χ4v) is 2.59. The second-order valence-electron chi connectivity index (χ2n) is 5.41. The van der Waals surface area contributed by atoms with Crippen molar-refractivity contribution >= 4 is 11.6 Å². The van der Waals surface area contributed by atoms with E-state index in [2.05, 4.69) is 0 Å². The van der Waals surface area contributed by atoms with E-state index in [1.807, 2.05) is 30.3 Å². The summed E-state index contributed by atoms with van der Waals surface area (Å²) < 4.78 is 5.58. The third-order valence-corrected chi connectivity index (χ3v) is 3.84. The maximum Gasteiger partial charge on any atom is 0.269 e. The highest BCUT2D eigenvalue weighted by Gasteiger charge is 2.27. The number of non-ortho nitro benzene ring substituents is 1. The molecule has 0 spiro atoms. The van der Waals surface area contributed by atoms with Gasteiger partial charge in [-0.2, -0.15) is 0 Å². The van der Waals surface area contributed by atoms with E-state index < -0.39 is 4.92 Å². The van der Waals surface area contributed by atoms with E-state index in [0.717, 1.165) is 11.1 Å². The van der Waals surface area contributed by atoms with Crippen LogP contribution in [0.4, 0.5) is 5.69 Å². The molecule has 1 saturated heterocycles. The Morgan fingerprint density at radius 2 is 1.83 bits per heavy atom. The first-order valence-electron chi connectivity index (χ1n) is 7.31. The lowest BCUT2D eigenvalue weighted by Gasteiger charge is -2.33. The summed E-state index contributed by atoms with van der Waals surface area (Å²) in [6.45, 7) is 0.993. The third-order valence-electron chi connectivity index (χ3n) is 3.84. The Kier molecular flexibility index (Phi) is 4.34. The highest BCUT2D eigenvalue weighted by atomic mass is 16.6. The largest absolute Gasteiger partial charge is 0.362 e. The van der Waals surface area contributed by atoms with E-state index in [-0.39, 0.29) is 24.3 Å². The molecule has 1 aliphatic rings. The molecule has 23 heavy (non-hydrogen) atoms. The number of rotatable bonds is 4. The van der Waals surface area contributed by atoms with Crippen LogP contribution in [0.5, 0.6) is 0 Å². The van der Waals surface area contributed by atoms with Gasteiger partial charge in [0.2, 0.25) is 5.91 Å². The summed E-state index contributed by atoms with van der Waals surface area (Å²) in [7, 11) is 0. The van der Waals surface area contributed by atoms with Crippen molar-refractivity contribution in [2.45, 2.75) is 12.6 Å². The topological polar surface area (TPSA) is 72.7 Å². The highest BCUT2D eigenvalue weighted by molar-refractivity contribution is 5.78. The van der Waals surface area contributed by atoms with Crippen molar-refractivity contribution in [1.29, 1.82) is 0 Å². The average molecular weight is 312 g/mol. The van der Waals surface area contributed by atoms with Gasteiger partial charge in [-0.3, -0.25) is 14.9 Å². The third kappa shape index (κ3) is 3.54. The lowest BCUT2D eigenvalue weighted by Crippen LogP contribution is -2.42. The average Bonchev–Trinajstić information content (AvgIpc) is 2.58. The molecule has 3 rings (SSSR count). The molecule has 2 aromatic carbocycles. The number of morpholine rings is 1. The van der Waals surface area contributed by atoms with Gasteiger partial charge in [-0.1, -0.05) is 30.3 Å². The summed E-state index contributed by atoms with van der Waals surface area (Å²) >= 11 is 0. The minimum Gasteiger partial charge on any atom is -0.362 e. The summed E-state index contributed by atoms with van der Waals surface area (Å²) in [5.41, 5.74) is 1.94. The van der Waals surface area contributed by atoms with Gasteiger partial charge in [0, 0.05) is 18.7 Å². The number of benzene rings is 2. The molecule has 1 amide bonds. The predicted octanol–water partition coefficient (Wildman–Crippen LogP) is 2.69. The van der Waals surface area contributed by atoms with Gasteiger partial charge in [0.05, 0.1) is 11.5 Å². The molecule has 1 atom stereocenters. The summed E-state index contributed by atoms with van der Waals surface area (Å²) in [6, 6.07) is 16.0. The first kappa shape index (κ1) is 15.2. The lowest BCUT2D eigenvalue weighted by atomic mass is 10.1. The van der Waals surface area contributed by atoms with Crippen LogP contribution < -0.4 is 0 Å². The molecule has 1 aliphatic heterocycles. The lowest BCUT2D eigenvalue weighted by molar-refractivity contribution is -0.384. The Morgan fingerprint density at radius 1 is 1.13 bits per heavy atom. The van der Waals surface area contributed by atoms with Gasteiger partial charge in [0.25, 0.3) is 5.69 Å². The van der Waals surface area contributed by atoms with Gasteiger partial charge in [0.15, 0.2) is 0 Å². The zero-order valence-electron chi connectivity index (χ0n) is 12.4. The fourth-order valence-electron chi connectivity index (χ4n) is 2.59. The van der Waals surface area contributed by atoms with Gasteiger partial charge in [-0.15, -0.1) is 0 Å². The standard InChI is InChI=1S/C17H16N2O4/c20-17-12-23-16(14-6-8-15(9-7-14)19(21)22)11-18(17)10-13-4-2-1-3-5-13/h1-9,16H,10-12H2/t16-/m0/s1. The smallest absolute Gasteiger partial charge is 0.269 e. The number of amides is 1. The second kappa shape index (κ2) is 6.58. The normalized spacial score (nSPS) is 18.0. The van der Waals surface area contributed by atoms with Crippen LogP contribution in [-0.4, -0.2) is 28.9 Å². The van der Waals surface area contributed by atoms with Crippen molar-refractivity contribution < 1.29 is 14.5 Å². The number of carbonyl (C=O) groups is 1. The first-order chi connectivity index (χ1) is 11.1. The van der Waals surface area contributed by atoms with Crippen molar-refractivity contribution in [2.24, 2.45) is 0 Å². The van der Waals surface area contributed by atoms with Gasteiger partial charge in [-0.05, 0) is 23.3 Å². The molecule has 0 N–H and O–H groups in total. The van der Waals surface area contributed by atoms with E-state index >= 15 is 0 Å². The molecule has 0 aliphatic carbocycles. The number of ether oxygens (including phenoxy) is 1. The van der Waals surface area contributed by atoms with Crippen molar-refractivity contribution in [3.63, 3.8) is 0 Å². The zero-order chi connectivity index (χ0) is 16.2. The van der Waals surface area contributed by atoms with Crippen LogP contribution in [0, 0.1) is 10.1 Å². The fraction of sp³-hybridized carbons (Fsp3) is 0.235. The first-order valence-corrected chi connectivity index (χ1v) is 7.31. The maximum absolute atomic E-state index is 12.0. The number of nitro groups is 1. The molecule has 118 valence electrons. The molecule has 1 fully saturated rings. The number of hydrogen-bond acceptors (Lipinski definition) is 4. The molecule has 2 aromatic rings. The quantitative estimate of drug-likeness (QED) is 0.643. The molecular weight excluding hydrogens is 296 g/mol. The summed E-state index contributed by atoms with van der Waals surface area (Å²) in [6.07, 6.45) is -0.266. The van der Waals surface area contributed by atoms with E-state index in [1.165, 1.54) is 12.1 Å². The highest BCUT2D eigenvalue weighted by Crippen LogP contribution is 2.25. The van der Waals surface area contributed by atoms with Crippen molar-refractivity contribution in [3.05, 3.63) is 75.8 Å². The molecule has 6 nitrogen and oxygen atoms in total. The number of nitrogens with zero attached hydrogens (tertiary/aromatic N) is 2. The molecule has 0 saturated carbocycles. The van der Waals surface area contributed by atoms with Crippen LogP contribution in [0.3, 0.4) is 0 Å². The van der Waals surface area contributed by atoms with Gasteiger partial charge >= 0.3 is 0 Å². The summed E-state index contributed by atoms with van der Waals surface area (Å²) in [4.78, 5) is 24.1. The molecule has 6 heteroatoms. The second-order valence-corrected chi connectivity index (χ2v) is 5.41. The number of carbonyl (C=O) groups excluding carboxylic acids is 1. The Labute approximate surface area is 133 Å². The Hall–Kier alpha value is -2.73. The number of hydrogen-bond donors (Lipinski definition) is 0. The van der Waals surface area contributed by atoms with E-state index in [4.69, 9.17) is 4.74 Å². The van der Waals surface area contributed by atoms with Crippen LogP contribution >= 0.6 is 0 Å². The molecule has 0 unspecified atom stereocenters. The van der Waals surface area contributed by atoms with E-state index in [0.29, 0.717) is 13.1 Å². The van der Waals surface area contributed by atoms with Crippen LogP contribution in [0.2, 0.25) is 0 Å². The molecule has 0 bridgehead atoms. The van der Waals surface area contributed by atoms with Crippen LogP contribution in [0.1, 0.15) is 17.2 Å². The van der Waals surface area contributed by atoms with Gasteiger partial charge in [-0.25, -0.2) is 0 Å². The minimum atomic E-state index is -0.434. The van der Waals surface area contributed by atoms with E-state index in [9.17, 15) is 14.9 Å². The maximum atomic E-state index is 12.0. The Balaban J connectivity index is 1.72. The van der Waals surface area contributed by atoms with Crippen molar-refractivity contribution in [1.82, 2.24) is 4.90 Å². The van der Waals surface area contributed by atoms with Gasteiger partial charge < -0.3 is 9.64 Å². The van der Waals surface area contributed by atoms with Crippen molar-refractivity contribution in [2.75, 3.05) is 13.2 Å². The predicted molar refractivity (Wildman–Crippen MR) is 83.6 cm³/mol. The molecule has 1 heterocycles. The monoisotopic (exact) mass is 312 g/mol.